The Labute approximate surface area is 89.0 Å². The van der Waals surface area contributed by atoms with Crippen LogP contribution in [0, 0.1) is 0 Å². The van der Waals surface area contributed by atoms with E-state index >= 15 is 0 Å². The summed E-state index contributed by atoms with van der Waals surface area (Å²) in [5.74, 6) is 0.150. The van der Waals surface area contributed by atoms with Gasteiger partial charge in [-0.2, -0.15) is 0 Å². The molecule has 0 spiro atoms. The Hall–Kier alpha value is -1.19. The van der Waals surface area contributed by atoms with E-state index in [1.54, 1.807) is 0 Å². The monoisotopic (exact) mass is 206 g/mol. The van der Waals surface area contributed by atoms with E-state index in [-0.39, 0.29) is 11.9 Å². The Balaban J connectivity index is 1.85. The van der Waals surface area contributed by atoms with Gasteiger partial charge in [0.05, 0.1) is 19.8 Å². The smallest absolute Gasteiger partial charge is 0.166 e. The summed E-state index contributed by atoms with van der Waals surface area (Å²) in [6.07, 6.45) is 0.0957. The van der Waals surface area contributed by atoms with Gasteiger partial charge in [-0.1, -0.05) is 30.3 Å². The topological polar surface area (TPSA) is 35.5 Å². The molecule has 0 saturated carbocycles. The molecule has 2 rings (SSSR count). The summed E-state index contributed by atoms with van der Waals surface area (Å²) in [6.45, 7) is 1.40. The zero-order chi connectivity index (χ0) is 10.5. The van der Waals surface area contributed by atoms with Crippen molar-refractivity contribution in [2.45, 2.75) is 19.1 Å². The first kappa shape index (κ1) is 10.3. The lowest BCUT2D eigenvalue weighted by atomic mass is 10.1. The van der Waals surface area contributed by atoms with E-state index < -0.39 is 0 Å². The van der Waals surface area contributed by atoms with Gasteiger partial charge in [-0.3, -0.25) is 4.79 Å². The zero-order valence-electron chi connectivity index (χ0n) is 8.52. The molecule has 0 aromatic heterocycles. The summed E-state index contributed by atoms with van der Waals surface area (Å²) >= 11 is 0. The molecule has 3 heteroatoms. The van der Waals surface area contributed by atoms with Crippen molar-refractivity contribution in [2.24, 2.45) is 0 Å². The van der Waals surface area contributed by atoms with E-state index in [1.165, 1.54) is 0 Å². The fourth-order valence-electron chi connectivity index (χ4n) is 1.53. The fraction of sp³-hybridized carbons (Fsp3) is 0.417. The lowest BCUT2D eigenvalue weighted by Gasteiger charge is -2.21. The summed E-state index contributed by atoms with van der Waals surface area (Å²) in [7, 11) is 0. The molecule has 3 nitrogen and oxygen atoms in total. The van der Waals surface area contributed by atoms with E-state index in [1.807, 2.05) is 30.3 Å². The molecule has 1 heterocycles. The number of hydrogen-bond donors (Lipinski definition) is 0. The van der Waals surface area contributed by atoms with Crippen LogP contribution in [0.15, 0.2) is 30.3 Å². The van der Waals surface area contributed by atoms with Crippen LogP contribution in [-0.2, 0) is 20.9 Å². The minimum atomic E-state index is -0.376. The number of rotatable bonds is 3. The average molecular weight is 206 g/mol. The highest BCUT2D eigenvalue weighted by atomic mass is 16.5. The molecule has 0 aliphatic carbocycles. The molecule has 0 radical (unpaired) electrons. The normalized spacial score (nSPS) is 21.6. The van der Waals surface area contributed by atoms with Gasteiger partial charge >= 0.3 is 0 Å². The minimum Gasteiger partial charge on any atom is -0.378 e. The molecule has 0 N–H and O–H groups in total. The van der Waals surface area contributed by atoms with Crippen LogP contribution in [0.25, 0.3) is 0 Å². The quantitative estimate of drug-likeness (QED) is 0.753. The molecule has 1 aliphatic heterocycles. The molecule has 1 saturated heterocycles. The number of ketones is 1. The Kier molecular flexibility index (Phi) is 3.48. The van der Waals surface area contributed by atoms with E-state index in [0.717, 1.165) is 5.56 Å². The molecule has 1 aromatic carbocycles. The lowest BCUT2D eigenvalue weighted by Crippen LogP contribution is -2.34. The summed E-state index contributed by atoms with van der Waals surface area (Å²) < 4.78 is 10.7. The summed E-state index contributed by atoms with van der Waals surface area (Å²) in [5.41, 5.74) is 1.08. The van der Waals surface area contributed by atoms with Gasteiger partial charge in [0, 0.05) is 6.42 Å². The number of benzene rings is 1. The van der Waals surface area contributed by atoms with Gasteiger partial charge in [-0.25, -0.2) is 0 Å². The average Bonchev–Trinajstić information content (AvgIpc) is 2.29. The highest BCUT2D eigenvalue weighted by molar-refractivity contribution is 5.83. The first-order valence-electron chi connectivity index (χ1n) is 5.12. The second-order valence-electron chi connectivity index (χ2n) is 3.58. The van der Waals surface area contributed by atoms with Crippen molar-refractivity contribution in [1.82, 2.24) is 0 Å². The third-order valence-corrected chi connectivity index (χ3v) is 2.42. The molecule has 0 amide bonds. The molecule has 1 aromatic rings. The molecule has 1 aliphatic rings. The molecular weight excluding hydrogens is 192 g/mol. The lowest BCUT2D eigenvalue weighted by molar-refractivity contribution is -0.143. The predicted octanol–water partition coefficient (Wildman–Crippen LogP) is 1.56. The van der Waals surface area contributed by atoms with Crippen LogP contribution in [0.2, 0.25) is 0 Å². The van der Waals surface area contributed by atoms with E-state index in [2.05, 4.69) is 0 Å². The van der Waals surface area contributed by atoms with Gasteiger partial charge in [0.25, 0.3) is 0 Å². The Morgan fingerprint density at radius 1 is 1.33 bits per heavy atom. The second-order valence-corrected chi connectivity index (χ2v) is 3.58. The van der Waals surface area contributed by atoms with Crippen molar-refractivity contribution < 1.29 is 14.3 Å². The van der Waals surface area contributed by atoms with Gasteiger partial charge in [-0.05, 0) is 5.56 Å². The fourth-order valence-corrected chi connectivity index (χ4v) is 1.53. The van der Waals surface area contributed by atoms with Gasteiger partial charge in [-0.15, -0.1) is 0 Å². The number of carbonyl (C=O) groups excluding carboxylic acids is 1. The number of Topliss-reactive ketones (excluding diaryl/α,β-unsaturated/α-hetero) is 1. The van der Waals surface area contributed by atoms with E-state index in [4.69, 9.17) is 9.47 Å². The Morgan fingerprint density at radius 2 is 2.13 bits per heavy atom. The summed E-state index contributed by atoms with van der Waals surface area (Å²) in [5, 5.41) is 0. The molecule has 0 bridgehead atoms. The van der Waals surface area contributed by atoms with Crippen LogP contribution >= 0.6 is 0 Å². The number of hydrogen-bond acceptors (Lipinski definition) is 3. The summed E-state index contributed by atoms with van der Waals surface area (Å²) in [4.78, 5) is 11.4. The highest BCUT2D eigenvalue weighted by Crippen LogP contribution is 2.09. The summed E-state index contributed by atoms with van der Waals surface area (Å²) in [6, 6.07) is 9.83. The minimum absolute atomic E-state index is 0.150. The van der Waals surface area contributed by atoms with Gasteiger partial charge in [0.2, 0.25) is 0 Å². The molecule has 1 fully saturated rings. The van der Waals surface area contributed by atoms with E-state index in [9.17, 15) is 4.79 Å². The standard InChI is InChI=1S/C12H14O3/c13-11-6-7-14-9-12(11)15-8-10-4-2-1-3-5-10/h1-5,12H,6-9H2/t12-/m1/s1. The Bertz CT molecular complexity index is 321. The molecule has 80 valence electrons. The first-order valence-corrected chi connectivity index (χ1v) is 5.12. The van der Waals surface area contributed by atoms with Crippen molar-refractivity contribution in [3.05, 3.63) is 35.9 Å². The Morgan fingerprint density at radius 3 is 2.87 bits per heavy atom. The van der Waals surface area contributed by atoms with Crippen molar-refractivity contribution in [1.29, 1.82) is 0 Å². The maximum atomic E-state index is 11.4. The van der Waals surface area contributed by atoms with Crippen molar-refractivity contribution in [2.75, 3.05) is 13.2 Å². The largest absolute Gasteiger partial charge is 0.378 e. The van der Waals surface area contributed by atoms with Crippen molar-refractivity contribution in [3.8, 4) is 0 Å². The van der Waals surface area contributed by atoms with Crippen LogP contribution in [0.5, 0.6) is 0 Å². The molecule has 1 atom stereocenters. The van der Waals surface area contributed by atoms with Gasteiger partial charge < -0.3 is 9.47 Å². The van der Waals surface area contributed by atoms with Gasteiger partial charge in [0.15, 0.2) is 5.78 Å². The zero-order valence-corrected chi connectivity index (χ0v) is 8.52. The third-order valence-electron chi connectivity index (χ3n) is 2.42. The second kappa shape index (κ2) is 5.05. The predicted molar refractivity (Wildman–Crippen MR) is 55.5 cm³/mol. The maximum Gasteiger partial charge on any atom is 0.166 e. The van der Waals surface area contributed by atoms with Crippen molar-refractivity contribution in [3.63, 3.8) is 0 Å². The molecule has 15 heavy (non-hydrogen) atoms. The molecular formula is C12H14O3. The van der Waals surface area contributed by atoms with Crippen LogP contribution in [0.3, 0.4) is 0 Å². The van der Waals surface area contributed by atoms with Crippen LogP contribution in [0.1, 0.15) is 12.0 Å². The first-order chi connectivity index (χ1) is 7.36. The third kappa shape index (κ3) is 2.88. The van der Waals surface area contributed by atoms with E-state index in [0.29, 0.717) is 26.2 Å². The maximum absolute atomic E-state index is 11.4. The molecule has 0 unspecified atom stereocenters. The van der Waals surface area contributed by atoms with Gasteiger partial charge in [0.1, 0.15) is 6.10 Å². The van der Waals surface area contributed by atoms with Crippen LogP contribution in [0.4, 0.5) is 0 Å². The highest BCUT2D eigenvalue weighted by Gasteiger charge is 2.23. The number of carbonyl (C=O) groups is 1. The van der Waals surface area contributed by atoms with Crippen LogP contribution < -0.4 is 0 Å². The SMILES string of the molecule is O=C1CCOC[C@H]1OCc1ccccc1. The number of ether oxygens (including phenoxy) is 2. The van der Waals surface area contributed by atoms with Crippen LogP contribution in [-0.4, -0.2) is 25.1 Å². The van der Waals surface area contributed by atoms with Crippen molar-refractivity contribution >= 4 is 5.78 Å².